The van der Waals surface area contributed by atoms with E-state index < -0.39 is 0 Å². The van der Waals surface area contributed by atoms with Crippen LogP contribution in [0.25, 0.3) is 16.9 Å². The Morgan fingerprint density at radius 1 is 1.18 bits per heavy atom. The van der Waals surface area contributed by atoms with E-state index in [2.05, 4.69) is 16.9 Å². The van der Waals surface area contributed by atoms with Crippen LogP contribution in [0.5, 0.6) is 5.75 Å². The molecule has 34 heavy (non-hydrogen) atoms. The highest BCUT2D eigenvalue weighted by Gasteiger charge is 2.18. The first-order valence-electron chi connectivity index (χ1n) is 12.0. The molecule has 0 saturated carbocycles. The van der Waals surface area contributed by atoms with Crippen molar-refractivity contribution in [2.75, 3.05) is 33.3 Å². The topological polar surface area (TPSA) is 95.8 Å². The highest BCUT2D eigenvalue weighted by molar-refractivity contribution is 5.78. The van der Waals surface area contributed by atoms with Gasteiger partial charge < -0.3 is 14.6 Å². The number of hydrogen-bond donors (Lipinski definition) is 1. The van der Waals surface area contributed by atoms with E-state index in [-0.39, 0.29) is 11.5 Å². The Labute approximate surface area is 200 Å². The molecule has 3 aromatic rings. The maximum Gasteiger partial charge on any atom is 0.277 e. The van der Waals surface area contributed by atoms with Gasteiger partial charge in [0.15, 0.2) is 11.3 Å². The number of fused-ring (bicyclic) bond motifs is 1. The van der Waals surface area contributed by atoms with Gasteiger partial charge in [-0.1, -0.05) is 13.0 Å². The van der Waals surface area contributed by atoms with E-state index >= 15 is 0 Å². The van der Waals surface area contributed by atoms with Crippen LogP contribution >= 0.6 is 0 Å². The number of carbonyl (C=O) groups is 1. The van der Waals surface area contributed by atoms with Crippen molar-refractivity contribution < 1.29 is 9.53 Å². The zero-order chi connectivity index (χ0) is 24.8. The average Bonchev–Trinajstić information content (AvgIpc) is 3.11. The molecule has 1 amide bonds. The maximum absolute atomic E-state index is 12.9. The first-order valence-corrected chi connectivity index (χ1v) is 12.0. The zero-order valence-corrected chi connectivity index (χ0v) is 21.1. The number of ether oxygens (including phenoxy) is 1. The van der Waals surface area contributed by atoms with Crippen LogP contribution in [0.15, 0.2) is 23.0 Å². The van der Waals surface area contributed by atoms with E-state index in [1.165, 1.54) is 0 Å². The molecule has 0 spiro atoms. The summed E-state index contributed by atoms with van der Waals surface area (Å²) in [5.41, 5.74) is 2.60. The lowest BCUT2D eigenvalue weighted by molar-refractivity contribution is -0.131. The minimum absolute atomic E-state index is 0.106. The lowest BCUT2D eigenvalue weighted by atomic mass is 10.1. The van der Waals surface area contributed by atoms with Crippen LogP contribution in [-0.4, -0.2) is 68.6 Å². The summed E-state index contributed by atoms with van der Waals surface area (Å²) < 4.78 is 7.51. The standard InChI is InChI=1S/C25H36N6O3/c1-7-11-21-26-17(5)23-25(33)27-24(28-31(21)23)19-14-18(12-13-20(19)34-10-4)15-29(6)16-22(32)30(8-2)9-3/h12-14H,7-11,15-16H2,1-6H3,(H,27,28,33). The minimum atomic E-state index is -0.229. The van der Waals surface area contributed by atoms with Crippen molar-refractivity contribution in [3.8, 4) is 17.1 Å². The molecule has 0 fully saturated rings. The van der Waals surface area contributed by atoms with Crippen LogP contribution in [0.1, 0.15) is 51.2 Å². The molecule has 0 bridgehead atoms. The van der Waals surface area contributed by atoms with Gasteiger partial charge >= 0.3 is 0 Å². The van der Waals surface area contributed by atoms with E-state index in [1.54, 1.807) is 4.52 Å². The average molecular weight is 469 g/mol. The summed E-state index contributed by atoms with van der Waals surface area (Å²) >= 11 is 0. The molecule has 0 aliphatic carbocycles. The van der Waals surface area contributed by atoms with Crippen LogP contribution in [0.4, 0.5) is 0 Å². The Balaban J connectivity index is 1.98. The van der Waals surface area contributed by atoms with Gasteiger partial charge in [0.25, 0.3) is 5.56 Å². The molecule has 2 heterocycles. The van der Waals surface area contributed by atoms with Crippen LogP contribution in [-0.2, 0) is 17.8 Å². The van der Waals surface area contributed by atoms with E-state index in [4.69, 9.17) is 9.84 Å². The number of nitrogens with zero attached hydrogens (tertiary/aromatic N) is 5. The number of amides is 1. The van der Waals surface area contributed by atoms with Crippen molar-refractivity contribution in [2.45, 2.75) is 54.0 Å². The van der Waals surface area contributed by atoms with Gasteiger partial charge in [0.05, 0.1) is 24.4 Å². The predicted octanol–water partition coefficient (Wildman–Crippen LogP) is 3.04. The number of hydrogen-bond acceptors (Lipinski definition) is 6. The fraction of sp³-hybridized carbons (Fsp3) is 0.520. The molecule has 0 aliphatic heterocycles. The largest absolute Gasteiger partial charge is 0.493 e. The van der Waals surface area contributed by atoms with E-state index in [0.29, 0.717) is 61.1 Å². The second-order valence-corrected chi connectivity index (χ2v) is 8.43. The summed E-state index contributed by atoms with van der Waals surface area (Å²) in [4.78, 5) is 36.7. The van der Waals surface area contributed by atoms with Crippen molar-refractivity contribution in [1.82, 2.24) is 29.4 Å². The number of aromatic amines is 1. The van der Waals surface area contributed by atoms with Crippen molar-refractivity contribution in [3.63, 3.8) is 0 Å². The Kier molecular flexibility index (Phi) is 8.44. The third-order valence-electron chi connectivity index (χ3n) is 5.79. The van der Waals surface area contributed by atoms with Gasteiger partial charge in [-0.25, -0.2) is 9.50 Å². The zero-order valence-electron chi connectivity index (χ0n) is 21.1. The third-order valence-corrected chi connectivity index (χ3v) is 5.79. The summed E-state index contributed by atoms with van der Waals surface area (Å²) in [6, 6.07) is 5.84. The number of aromatic nitrogens is 4. The van der Waals surface area contributed by atoms with E-state index in [1.807, 2.05) is 62.7 Å². The first kappa shape index (κ1) is 25.4. The number of imidazole rings is 1. The smallest absolute Gasteiger partial charge is 0.277 e. The van der Waals surface area contributed by atoms with Crippen molar-refractivity contribution in [2.24, 2.45) is 0 Å². The molecule has 0 atom stereocenters. The number of rotatable bonds is 11. The number of aryl methyl sites for hydroxylation is 2. The minimum Gasteiger partial charge on any atom is -0.493 e. The SMILES string of the molecule is CCCc1nc(C)c2c(=O)[nH]c(-c3cc(CN(C)CC(=O)N(CC)CC)ccc3OCC)nn12. The number of H-pyrrole nitrogens is 1. The molecular formula is C25H36N6O3. The summed E-state index contributed by atoms with van der Waals surface area (Å²) in [5.74, 6) is 1.95. The van der Waals surface area contributed by atoms with Crippen LogP contribution in [0, 0.1) is 6.92 Å². The summed E-state index contributed by atoms with van der Waals surface area (Å²) in [5, 5.41) is 4.75. The van der Waals surface area contributed by atoms with Crippen molar-refractivity contribution in [1.29, 1.82) is 0 Å². The molecule has 1 aromatic carbocycles. The third kappa shape index (κ3) is 5.47. The summed E-state index contributed by atoms with van der Waals surface area (Å²) in [7, 11) is 1.93. The molecule has 184 valence electrons. The van der Waals surface area contributed by atoms with E-state index in [0.717, 1.165) is 24.2 Å². The highest BCUT2D eigenvalue weighted by Crippen LogP contribution is 2.29. The fourth-order valence-corrected chi connectivity index (χ4v) is 4.16. The van der Waals surface area contributed by atoms with Gasteiger partial charge in [-0.2, -0.15) is 0 Å². The molecule has 0 unspecified atom stereocenters. The molecule has 0 aliphatic rings. The monoisotopic (exact) mass is 468 g/mol. The van der Waals surface area contributed by atoms with Crippen LogP contribution in [0.2, 0.25) is 0 Å². The van der Waals surface area contributed by atoms with Crippen molar-refractivity contribution >= 4 is 11.4 Å². The van der Waals surface area contributed by atoms with E-state index in [9.17, 15) is 9.59 Å². The molecule has 3 rings (SSSR count). The van der Waals surface area contributed by atoms with Gasteiger partial charge in [-0.15, -0.1) is 5.10 Å². The molecule has 9 nitrogen and oxygen atoms in total. The van der Waals surface area contributed by atoms with Gasteiger partial charge in [0.1, 0.15) is 11.6 Å². The lowest BCUT2D eigenvalue weighted by Crippen LogP contribution is -2.38. The molecule has 0 saturated heterocycles. The predicted molar refractivity (Wildman–Crippen MR) is 133 cm³/mol. The second-order valence-electron chi connectivity index (χ2n) is 8.43. The fourth-order valence-electron chi connectivity index (χ4n) is 4.16. The second kappa shape index (κ2) is 11.3. The highest BCUT2D eigenvalue weighted by atomic mass is 16.5. The summed E-state index contributed by atoms with van der Waals surface area (Å²) in [6.45, 7) is 12.6. The normalized spacial score (nSPS) is 11.4. The molecular weight excluding hydrogens is 432 g/mol. The molecule has 9 heteroatoms. The summed E-state index contributed by atoms with van der Waals surface area (Å²) in [6.07, 6.45) is 1.63. The van der Waals surface area contributed by atoms with Crippen LogP contribution < -0.4 is 10.3 Å². The first-order chi connectivity index (χ1) is 16.3. The number of benzene rings is 1. The number of nitrogens with one attached hydrogen (secondary N) is 1. The number of carbonyl (C=O) groups excluding carboxylic acids is 1. The Hall–Kier alpha value is -3.20. The van der Waals surface area contributed by atoms with Gasteiger partial charge in [0, 0.05) is 26.1 Å². The Morgan fingerprint density at radius 2 is 1.91 bits per heavy atom. The quantitative estimate of drug-likeness (QED) is 0.465. The van der Waals surface area contributed by atoms with Crippen molar-refractivity contribution in [3.05, 3.63) is 45.6 Å². The van der Waals surface area contributed by atoms with Gasteiger partial charge in [-0.05, 0) is 58.9 Å². The van der Waals surface area contributed by atoms with Gasteiger partial charge in [0.2, 0.25) is 5.91 Å². The van der Waals surface area contributed by atoms with Crippen LogP contribution in [0.3, 0.4) is 0 Å². The Morgan fingerprint density at radius 3 is 2.56 bits per heavy atom. The maximum atomic E-state index is 12.9. The molecule has 2 aromatic heterocycles. The Bertz CT molecular complexity index is 1200. The molecule has 0 radical (unpaired) electrons. The van der Waals surface area contributed by atoms with Gasteiger partial charge in [-0.3, -0.25) is 14.5 Å². The lowest BCUT2D eigenvalue weighted by Gasteiger charge is -2.23. The molecule has 1 N–H and O–H groups in total. The number of likely N-dealkylation sites (N-methyl/N-ethyl adjacent to an activating group) is 2.